The molecule has 0 amide bonds. The van der Waals surface area contributed by atoms with Crippen molar-refractivity contribution in [3.8, 4) is 0 Å². The standard InChI is InChI=1S/C6H12O2.C6H11O2.2C5H7O2.2CH3/c2*1-4-8-6(7)5(2)3;2*1-3-5(6)7-4-2;;/h5H,4H2,1-3H3;4H2,1-3H3;2*1,4H2,2H3;2*1H3/q;3*+1;2*-1/i1D3,4D2;;2D3,4D2;;;. The summed E-state index contributed by atoms with van der Waals surface area (Å²) in [6.07, 6.45) is 3.75. The molecule has 0 heterocycles. The second-order valence-corrected chi connectivity index (χ2v) is 4.96. The number of ether oxygens (including phenoxy) is 4. The van der Waals surface area contributed by atoms with Crippen LogP contribution in [-0.2, 0) is 38.1 Å². The minimum absolute atomic E-state index is 0. The summed E-state index contributed by atoms with van der Waals surface area (Å²) in [4.78, 5) is 41.8. The molecule has 0 atom stereocenters. The van der Waals surface area contributed by atoms with Gasteiger partial charge in [0.25, 0.3) is 0 Å². The average molecular weight is 470 g/mol. The van der Waals surface area contributed by atoms with Crippen LogP contribution in [0.2, 0.25) is 0 Å². The zero-order valence-corrected chi connectivity index (χ0v) is 20.2. The van der Waals surface area contributed by atoms with Crippen LogP contribution in [0.15, 0.2) is 13.2 Å². The maximum absolute atomic E-state index is 10.9. The molecule has 0 radical (unpaired) electrons. The molecule has 0 unspecified atom stereocenters. The number of carbonyl (C=O) groups excluding carboxylic acids is 4. The molecule has 0 aliphatic heterocycles. The Hall–Kier alpha value is -2.95. The van der Waals surface area contributed by atoms with E-state index in [1.807, 2.05) is 0 Å². The van der Waals surface area contributed by atoms with Crippen molar-refractivity contribution >= 4 is 23.9 Å². The van der Waals surface area contributed by atoms with Gasteiger partial charge in [0.2, 0.25) is 5.92 Å². The molecule has 0 rings (SSSR count). The molecule has 0 fully saturated rings. The fourth-order valence-corrected chi connectivity index (χ4v) is 0.708. The summed E-state index contributed by atoms with van der Waals surface area (Å²) in [5, 5.41) is 0. The van der Waals surface area contributed by atoms with E-state index >= 15 is 0 Å². The quantitative estimate of drug-likeness (QED) is 0.224. The third-order valence-electron chi connectivity index (χ3n) is 2.01. The first-order chi connectivity index (χ1) is 17.8. The third kappa shape index (κ3) is 41.4. The Morgan fingerprint density at radius 3 is 1.53 bits per heavy atom. The lowest BCUT2D eigenvalue weighted by Crippen LogP contribution is -2.10. The molecule has 0 aromatic carbocycles. The van der Waals surface area contributed by atoms with E-state index in [1.54, 1.807) is 33.8 Å². The molecule has 8 heteroatoms. The van der Waals surface area contributed by atoms with Gasteiger partial charge in [-0.15, -0.1) is 0 Å². The second-order valence-electron chi connectivity index (χ2n) is 4.96. The van der Waals surface area contributed by atoms with Gasteiger partial charge in [-0.2, -0.15) is 14.4 Å². The van der Waals surface area contributed by atoms with E-state index in [-0.39, 0.29) is 20.8 Å². The summed E-state index contributed by atoms with van der Waals surface area (Å²) in [5.41, 5.74) is 0. The van der Waals surface area contributed by atoms with Crippen LogP contribution in [0.1, 0.15) is 69.0 Å². The predicted octanol–water partition coefficient (Wildman–Crippen LogP) is 4.35. The molecule has 0 aliphatic rings. The minimum Gasteiger partial charge on any atom is -0.466 e. The predicted molar refractivity (Wildman–Crippen MR) is 127 cm³/mol. The molecule has 0 bridgehead atoms. The van der Waals surface area contributed by atoms with Gasteiger partial charge in [0.15, 0.2) is 13.2 Å². The Labute approximate surface area is 210 Å². The highest BCUT2D eigenvalue weighted by atomic mass is 16.5. The first-order valence-corrected chi connectivity index (χ1v) is 8.43. The fraction of sp³-hybridized carbons (Fsp3) is 0.542. The topological polar surface area (TPSA) is 105 Å². The van der Waals surface area contributed by atoms with Crippen molar-refractivity contribution in [1.29, 1.82) is 0 Å². The monoisotopic (exact) mass is 469 g/mol. The van der Waals surface area contributed by atoms with E-state index in [1.165, 1.54) is 13.8 Å². The normalized spacial score (nSPS) is 13.8. The molecule has 0 saturated heterocycles. The van der Waals surface area contributed by atoms with Crippen molar-refractivity contribution in [3.05, 3.63) is 46.1 Å². The Morgan fingerprint density at radius 1 is 0.875 bits per heavy atom. The fourth-order valence-electron chi connectivity index (χ4n) is 0.708. The van der Waals surface area contributed by atoms with Crippen LogP contribution in [0.4, 0.5) is 0 Å². The van der Waals surface area contributed by atoms with E-state index < -0.39 is 50.6 Å². The van der Waals surface area contributed by atoms with E-state index in [0.717, 1.165) is 0 Å². The Balaban J connectivity index is -0.000000104. The summed E-state index contributed by atoms with van der Waals surface area (Å²) < 4.78 is 84.8. The van der Waals surface area contributed by atoms with Gasteiger partial charge in [-0.1, -0.05) is 13.8 Å². The second kappa shape index (κ2) is 32.7. The first kappa shape index (κ1) is 20.9. The zero-order chi connectivity index (χ0) is 33.1. The lowest BCUT2D eigenvalue weighted by Gasteiger charge is -2.01. The summed E-state index contributed by atoms with van der Waals surface area (Å²) in [5.74, 6) is -2.61. The lowest BCUT2D eigenvalue weighted by atomic mass is 10.2. The molecule has 0 saturated carbocycles. The average Bonchev–Trinajstić information content (AvgIpc) is 2.78. The van der Waals surface area contributed by atoms with Crippen LogP contribution in [0.3, 0.4) is 0 Å². The Kier molecular flexibility index (Phi) is 21.4. The summed E-state index contributed by atoms with van der Waals surface area (Å²) >= 11 is 0. The smallest absolute Gasteiger partial charge is 0.466 e. The van der Waals surface area contributed by atoms with Crippen molar-refractivity contribution in [3.63, 3.8) is 0 Å². The van der Waals surface area contributed by atoms with Gasteiger partial charge in [-0.25, -0.2) is 0 Å². The van der Waals surface area contributed by atoms with Crippen LogP contribution in [0.5, 0.6) is 0 Å². The van der Waals surface area contributed by atoms with Crippen molar-refractivity contribution in [2.24, 2.45) is 5.92 Å². The molecule has 32 heavy (non-hydrogen) atoms. The van der Waals surface area contributed by atoms with Crippen LogP contribution < -0.4 is 0 Å². The number of hydrogen-bond acceptors (Lipinski definition) is 8. The Morgan fingerprint density at radius 2 is 1.28 bits per heavy atom. The van der Waals surface area contributed by atoms with Gasteiger partial charge in [0.1, 0.15) is 0 Å². The number of carbonyl (C=O) groups is 4. The summed E-state index contributed by atoms with van der Waals surface area (Å²) in [7, 11) is 0. The molecular weight excluding hydrogens is 416 g/mol. The van der Waals surface area contributed by atoms with Crippen molar-refractivity contribution in [2.75, 3.05) is 26.3 Å². The van der Waals surface area contributed by atoms with E-state index in [0.29, 0.717) is 19.1 Å². The molecule has 0 N–H and O–H groups in total. The summed E-state index contributed by atoms with van der Waals surface area (Å²) in [6, 6.07) is 0. The van der Waals surface area contributed by atoms with Gasteiger partial charge >= 0.3 is 36.0 Å². The van der Waals surface area contributed by atoms with Gasteiger partial charge in [-0.05, 0) is 27.6 Å². The van der Waals surface area contributed by atoms with Crippen LogP contribution in [0.25, 0.3) is 0 Å². The SMILES string of the molecule is C=[C+]C(=O)OCC.CCOC(=O)[C+](C)C.[2H]C([2H])([2H])C([2H])([2H])OC(=O)C(C)C.[2H]C([2H])([2H])C([2H])([2H])OC(=O)[C+]=C.[CH3-].[CH3-]. The van der Waals surface area contributed by atoms with Gasteiger partial charge in [0.05, 0.1) is 51.6 Å². The Bertz CT molecular complexity index is 806. The molecular formula is C24H43O8+. The summed E-state index contributed by atoms with van der Waals surface area (Å²) in [6.45, 7) is 4.95. The minimum atomic E-state index is -3.00. The third-order valence-corrected chi connectivity index (χ3v) is 2.01. The van der Waals surface area contributed by atoms with E-state index in [9.17, 15) is 19.2 Å². The highest BCUT2D eigenvalue weighted by Gasteiger charge is 2.19. The highest BCUT2D eigenvalue weighted by molar-refractivity contribution is 5.83. The molecule has 0 aromatic heterocycles. The van der Waals surface area contributed by atoms with Crippen molar-refractivity contribution in [1.82, 2.24) is 0 Å². The number of esters is 4. The van der Waals surface area contributed by atoms with Gasteiger partial charge < -0.3 is 33.8 Å². The van der Waals surface area contributed by atoms with Gasteiger partial charge in [0, 0.05) is 8.22 Å². The largest absolute Gasteiger partial charge is 0.588 e. The number of rotatable bonds is 8. The molecule has 0 spiro atoms. The molecule has 8 nitrogen and oxygen atoms in total. The van der Waals surface area contributed by atoms with Crippen LogP contribution in [0, 0.1) is 38.8 Å². The zero-order valence-electron chi connectivity index (χ0n) is 30.2. The maximum Gasteiger partial charge on any atom is 0.588 e. The van der Waals surface area contributed by atoms with Crippen LogP contribution >= 0.6 is 0 Å². The molecule has 186 valence electrons. The van der Waals surface area contributed by atoms with Gasteiger partial charge in [-0.3, -0.25) is 4.79 Å². The maximum atomic E-state index is 10.9. The molecule has 0 aromatic rings. The highest BCUT2D eigenvalue weighted by Crippen LogP contribution is 1.96. The first-order valence-electron chi connectivity index (χ1n) is 13.4. The van der Waals surface area contributed by atoms with Crippen molar-refractivity contribution in [2.45, 2.75) is 55.2 Å². The van der Waals surface area contributed by atoms with Crippen LogP contribution in [-0.4, -0.2) is 50.2 Å². The van der Waals surface area contributed by atoms with Crippen molar-refractivity contribution < 1.29 is 51.8 Å². The van der Waals surface area contributed by atoms with E-state index in [4.69, 9.17) is 13.7 Å². The lowest BCUT2D eigenvalue weighted by molar-refractivity contribution is -0.146. The molecule has 0 aliphatic carbocycles. The number of hydrogen-bond donors (Lipinski definition) is 0. The van der Waals surface area contributed by atoms with E-state index in [2.05, 4.69) is 38.2 Å².